The van der Waals surface area contributed by atoms with Gasteiger partial charge >= 0.3 is 0 Å². The molecule has 7 heteroatoms. The first-order valence-electron chi connectivity index (χ1n) is 9.81. The molecule has 0 saturated carbocycles. The second-order valence-corrected chi connectivity index (χ2v) is 9.11. The average molecular weight is 448 g/mol. The zero-order valence-corrected chi connectivity index (χ0v) is 17.7. The summed E-state index contributed by atoms with van der Waals surface area (Å²) in [5.74, 6) is 0.128. The number of sulfonamides is 1. The molecule has 162 valence electrons. The Bertz CT molecular complexity index is 1330. The van der Waals surface area contributed by atoms with E-state index in [0.29, 0.717) is 16.8 Å². The van der Waals surface area contributed by atoms with Gasteiger partial charge in [0, 0.05) is 5.69 Å². The third-order valence-corrected chi connectivity index (χ3v) is 6.69. The van der Waals surface area contributed by atoms with Crippen LogP contribution < -0.4 is 4.72 Å². The second kappa shape index (κ2) is 8.64. The summed E-state index contributed by atoms with van der Waals surface area (Å²) in [7, 11) is -3.98. The standard InChI is InChI=1S/C25H21NO5S/c27-22-13-9-18(10-14-22)25(20-4-2-6-24(29)16-20)32(30,31)26-21-11-7-17(8-12-21)19-3-1-5-23(28)15-19/h1-16,25-29H. The summed E-state index contributed by atoms with van der Waals surface area (Å²) in [5.41, 5.74) is 2.84. The van der Waals surface area contributed by atoms with Gasteiger partial charge in [0.05, 0.1) is 0 Å². The molecule has 4 N–H and O–H groups in total. The van der Waals surface area contributed by atoms with E-state index < -0.39 is 15.3 Å². The molecule has 4 aromatic rings. The van der Waals surface area contributed by atoms with Crippen molar-refractivity contribution in [2.45, 2.75) is 5.25 Å². The van der Waals surface area contributed by atoms with Gasteiger partial charge in [0.15, 0.2) is 0 Å². The lowest BCUT2D eigenvalue weighted by atomic mass is 10.0. The van der Waals surface area contributed by atoms with Crippen LogP contribution in [0, 0.1) is 0 Å². The van der Waals surface area contributed by atoms with Crippen molar-refractivity contribution in [1.29, 1.82) is 0 Å². The van der Waals surface area contributed by atoms with Gasteiger partial charge < -0.3 is 15.3 Å². The smallest absolute Gasteiger partial charge is 0.244 e. The van der Waals surface area contributed by atoms with E-state index >= 15 is 0 Å². The topological polar surface area (TPSA) is 107 Å². The highest BCUT2D eigenvalue weighted by molar-refractivity contribution is 7.93. The highest BCUT2D eigenvalue weighted by Gasteiger charge is 2.29. The van der Waals surface area contributed by atoms with Crippen LogP contribution in [0.15, 0.2) is 97.1 Å². The van der Waals surface area contributed by atoms with E-state index in [-0.39, 0.29) is 17.2 Å². The molecule has 1 unspecified atom stereocenters. The summed E-state index contributed by atoms with van der Waals surface area (Å²) in [6.45, 7) is 0. The normalized spacial score (nSPS) is 12.2. The van der Waals surface area contributed by atoms with E-state index in [2.05, 4.69) is 4.72 Å². The van der Waals surface area contributed by atoms with Crippen molar-refractivity contribution < 1.29 is 23.7 Å². The lowest BCUT2D eigenvalue weighted by molar-refractivity contribution is 0.473. The zero-order valence-electron chi connectivity index (χ0n) is 16.9. The van der Waals surface area contributed by atoms with Crippen LogP contribution in [0.1, 0.15) is 16.4 Å². The number of nitrogens with one attached hydrogen (secondary N) is 1. The molecular weight excluding hydrogens is 426 g/mol. The van der Waals surface area contributed by atoms with Crippen molar-refractivity contribution in [1.82, 2.24) is 0 Å². The van der Waals surface area contributed by atoms with Crippen LogP contribution in [0.5, 0.6) is 17.2 Å². The van der Waals surface area contributed by atoms with Gasteiger partial charge in [-0.2, -0.15) is 0 Å². The van der Waals surface area contributed by atoms with Gasteiger partial charge in [-0.1, -0.05) is 48.5 Å². The Morgan fingerprint density at radius 2 is 1.22 bits per heavy atom. The van der Waals surface area contributed by atoms with Crippen LogP contribution in [-0.2, 0) is 10.0 Å². The number of anilines is 1. The number of hydrogen-bond donors (Lipinski definition) is 4. The van der Waals surface area contributed by atoms with E-state index in [0.717, 1.165) is 11.1 Å². The van der Waals surface area contributed by atoms with Crippen LogP contribution in [0.4, 0.5) is 5.69 Å². The van der Waals surface area contributed by atoms with E-state index in [1.165, 1.54) is 36.4 Å². The van der Waals surface area contributed by atoms with Gasteiger partial charge in [-0.15, -0.1) is 0 Å². The van der Waals surface area contributed by atoms with Crippen molar-refractivity contribution in [3.63, 3.8) is 0 Å². The fraction of sp³-hybridized carbons (Fsp3) is 0.0400. The predicted molar refractivity (Wildman–Crippen MR) is 124 cm³/mol. The van der Waals surface area contributed by atoms with Gasteiger partial charge in [-0.05, 0) is 70.8 Å². The number of rotatable bonds is 6. The van der Waals surface area contributed by atoms with Crippen molar-refractivity contribution in [2.24, 2.45) is 0 Å². The van der Waals surface area contributed by atoms with Crippen LogP contribution in [0.2, 0.25) is 0 Å². The maximum Gasteiger partial charge on any atom is 0.244 e. The summed E-state index contributed by atoms with van der Waals surface area (Å²) in [6, 6.07) is 25.6. The Labute approximate surface area is 186 Å². The van der Waals surface area contributed by atoms with Crippen molar-refractivity contribution in [2.75, 3.05) is 4.72 Å². The molecule has 0 radical (unpaired) electrons. The van der Waals surface area contributed by atoms with Gasteiger partial charge in [0.1, 0.15) is 22.5 Å². The Morgan fingerprint density at radius 3 is 1.84 bits per heavy atom. The summed E-state index contributed by atoms with van der Waals surface area (Å²) in [4.78, 5) is 0. The monoisotopic (exact) mass is 447 g/mol. The first kappa shape index (κ1) is 21.3. The maximum atomic E-state index is 13.4. The third-order valence-electron chi connectivity index (χ3n) is 5.00. The third kappa shape index (κ3) is 4.68. The van der Waals surface area contributed by atoms with Crippen LogP contribution >= 0.6 is 0 Å². The Morgan fingerprint density at radius 1 is 0.594 bits per heavy atom. The van der Waals surface area contributed by atoms with Gasteiger partial charge in [0.25, 0.3) is 0 Å². The van der Waals surface area contributed by atoms with E-state index in [4.69, 9.17) is 0 Å². The fourth-order valence-corrected chi connectivity index (χ4v) is 5.13. The molecule has 0 saturated heterocycles. The average Bonchev–Trinajstić information content (AvgIpc) is 2.75. The van der Waals surface area contributed by atoms with Crippen molar-refractivity contribution in [3.8, 4) is 28.4 Å². The predicted octanol–water partition coefficient (Wildman–Crippen LogP) is 5.00. The van der Waals surface area contributed by atoms with Crippen molar-refractivity contribution in [3.05, 3.63) is 108 Å². The number of phenolic OH excluding ortho intramolecular Hbond substituents is 3. The number of benzene rings is 4. The molecular formula is C25H21NO5S. The molecule has 0 aliphatic heterocycles. The van der Waals surface area contributed by atoms with E-state index in [1.807, 2.05) is 6.07 Å². The largest absolute Gasteiger partial charge is 0.508 e. The minimum atomic E-state index is -3.98. The molecule has 1 atom stereocenters. The van der Waals surface area contributed by atoms with Crippen LogP contribution in [0.3, 0.4) is 0 Å². The summed E-state index contributed by atoms with van der Waals surface area (Å²) in [5, 5.41) is 28.1. The SMILES string of the molecule is O=S(=O)(Nc1ccc(-c2cccc(O)c2)cc1)C(c1ccc(O)cc1)c1cccc(O)c1. The number of hydrogen-bond acceptors (Lipinski definition) is 5. The number of phenols is 3. The maximum absolute atomic E-state index is 13.4. The molecule has 0 aliphatic rings. The zero-order chi connectivity index (χ0) is 22.7. The quantitative estimate of drug-likeness (QED) is 0.333. The minimum Gasteiger partial charge on any atom is -0.508 e. The Balaban J connectivity index is 1.67. The fourth-order valence-electron chi connectivity index (χ4n) is 3.53. The molecule has 4 rings (SSSR count). The van der Waals surface area contributed by atoms with Crippen LogP contribution in [-0.4, -0.2) is 23.7 Å². The molecule has 0 heterocycles. The summed E-state index contributed by atoms with van der Waals surface area (Å²) >= 11 is 0. The van der Waals surface area contributed by atoms with E-state index in [9.17, 15) is 23.7 Å². The van der Waals surface area contributed by atoms with Crippen molar-refractivity contribution >= 4 is 15.7 Å². The minimum absolute atomic E-state index is 0.0244. The molecule has 0 aliphatic carbocycles. The molecule has 32 heavy (non-hydrogen) atoms. The molecule has 0 amide bonds. The molecule has 0 aromatic heterocycles. The highest BCUT2D eigenvalue weighted by Crippen LogP contribution is 2.34. The number of aromatic hydroxyl groups is 3. The van der Waals surface area contributed by atoms with Gasteiger partial charge in [-0.3, -0.25) is 4.72 Å². The first-order valence-corrected chi connectivity index (χ1v) is 11.4. The summed E-state index contributed by atoms with van der Waals surface area (Å²) < 4.78 is 29.4. The van der Waals surface area contributed by atoms with E-state index in [1.54, 1.807) is 54.6 Å². The Hall–Kier alpha value is -3.97. The Kier molecular flexibility index (Phi) is 5.75. The summed E-state index contributed by atoms with van der Waals surface area (Å²) in [6.07, 6.45) is 0. The molecule has 6 nitrogen and oxygen atoms in total. The van der Waals surface area contributed by atoms with Gasteiger partial charge in [0.2, 0.25) is 10.0 Å². The van der Waals surface area contributed by atoms with Gasteiger partial charge in [-0.25, -0.2) is 8.42 Å². The second-order valence-electron chi connectivity index (χ2n) is 7.34. The van der Waals surface area contributed by atoms with Crippen LogP contribution in [0.25, 0.3) is 11.1 Å². The lowest BCUT2D eigenvalue weighted by Crippen LogP contribution is -2.22. The molecule has 0 fully saturated rings. The lowest BCUT2D eigenvalue weighted by Gasteiger charge is -2.20. The first-order chi connectivity index (χ1) is 15.3. The molecule has 0 bridgehead atoms. The highest BCUT2D eigenvalue weighted by atomic mass is 32.2. The molecule has 0 spiro atoms. The molecule has 4 aromatic carbocycles.